The molecule has 0 aliphatic heterocycles. The standard InChI is InChI=1S/C16H20N4O/c1-12(2)20(11-13-6-4-3-5-7-13)16(21)15-9-8-14(19-17)10-18-15/h3-10,12,19H,11,17H2,1-2H3. The molecule has 0 aliphatic carbocycles. The van der Waals surface area contributed by atoms with E-state index in [1.807, 2.05) is 44.2 Å². The number of benzene rings is 1. The Hall–Kier alpha value is -2.40. The molecule has 2 aromatic rings. The van der Waals surface area contributed by atoms with Crippen molar-refractivity contribution in [3.8, 4) is 0 Å². The van der Waals surface area contributed by atoms with Crippen LogP contribution in [0, 0.1) is 0 Å². The molecule has 1 heterocycles. The van der Waals surface area contributed by atoms with Gasteiger partial charge in [0.1, 0.15) is 5.69 Å². The Morgan fingerprint density at radius 3 is 2.48 bits per heavy atom. The van der Waals surface area contributed by atoms with Crippen molar-refractivity contribution in [2.75, 3.05) is 5.43 Å². The first kappa shape index (κ1) is 15.0. The van der Waals surface area contributed by atoms with E-state index < -0.39 is 0 Å². The molecule has 110 valence electrons. The number of hydrogen-bond acceptors (Lipinski definition) is 4. The molecule has 0 spiro atoms. The van der Waals surface area contributed by atoms with Crippen LogP contribution in [0.4, 0.5) is 5.69 Å². The molecule has 0 aliphatic rings. The molecule has 0 saturated heterocycles. The van der Waals surface area contributed by atoms with Crippen molar-refractivity contribution < 1.29 is 4.79 Å². The number of nitrogens with one attached hydrogen (secondary N) is 1. The summed E-state index contributed by atoms with van der Waals surface area (Å²) in [6.07, 6.45) is 1.55. The van der Waals surface area contributed by atoms with Crippen molar-refractivity contribution in [1.82, 2.24) is 9.88 Å². The predicted molar refractivity (Wildman–Crippen MR) is 83.5 cm³/mol. The summed E-state index contributed by atoms with van der Waals surface area (Å²) in [7, 11) is 0. The molecule has 1 amide bonds. The highest BCUT2D eigenvalue weighted by Crippen LogP contribution is 2.13. The lowest BCUT2D eigenvalue weighted by Crippen LogP contribution is -2.36. The van der Waals surface area contributed by atoms with Crippen molar-refractivity contribution in [3.05, 3.63) is 59.9 Å². The molecule has 0 radical (unpaired) electrons. The minimum atomic E-state index is -0.0857. The van der Waals surface area contributed by atoms with E-state index in [-0.39, 0.29) is 11.9 Å². The maximum absolute atomic E-state index is 12.6. The van der Waals surface area contributed by atoms with E-state index in [0.717, 1.165) is 5.56 Å². The Labute approximate surface area is 124 Å². The van der Waals surface area contributed by atoms with Gasteiger partial charge in [0.05, 0.1) is 11.9 Å². The number of hydrogen-bond donors (Lipinski definition) is 2. The largest absolute Gasteiger partial charge is 0.331 e. The summed E-state index contributed by atoms with van der Waals surface area (Å²) in [5, 5.41) is 0. The van der Waals surface area contributed by atoms with Gasteiger partial charge in [-0.15, -0.1) is 0 Å². The summed E-state index contributed by atoms with van der Waals surface area (Å²) in [5.41, 5.74) is 4.68. The summed E-state index contributed by atoms with van der Waals surface area (Å²) in [6.45, 7) is 4.56. The van der Waals surface area contributed by atoms with Gasteiger partial charge in [0.2, 0.25) is 0 Å². The molecule has 0 fully saturated rings. The van der Waals surface area contributed by atoms with Gasteiger partial charge in [-0.25, -0.2) is 4.98 Å². The molecule has 1 aromatic heterocycles. The maximum atomic E-state index is 12.6. The van der Waals surface area contributed by atoms with Gasteiger partial charge in [-0.3, -0.25) is 10.6 Å². The SMILES string of the molecule is CC(C)N(Cc1ccccc1)C(=O)c1ccc(NN)cn1. The monoisotopic (exact) mass is 284 g/mol. The average molecular weight is 284 g/mol. The van der Waals surface area contributed by atoms with Crippen LogP contribution in [0.3, 0.4) is 0 Å². The number of carbonyl (C=O) groups excluding carboxylic acids is 1. The first-order valence-electron chi connectivity index (χ1n) is 6.89. The Morgan fingerprint density at radius 2 is 1.95 bits per heavy atom. The summed E-state index contributed by atoms with van der Waals surface area (Å²) in [5.74, 6) is 5.22. The van der Waals surface area contributed by atoms with Gasteiger partial charge < -0.3 is 10.3 Å². The number of nitrogens with zero attached hydrogens (tertiary/aromatic N) is 2. The van der Waals surface area contributed by atoms with Crippen LogP contribution < -0.4 is 11.3 Å². The number of nitrogens with two attached hydrogens (primary N) is 1. The molecule has 1 aromatic carbocycles. The van der Waals surface area contributed by atoms with Crippen LogP contribution in [-0.4, -0.2) is 21.8 Å². The number of hydrazine groups is 1. The summed E-state index contributed by atoms with van der Waals surface area (Å²) in [4.78, 5) is 18.6. The molecule has 5 heteroatoms. The fourth-order valence-corrected chi connectivity index (χ4v) is 2.02. The minimum Gasteiger partial charge on any atom is -0.331 e. The van der Waals surface area contributed by atoms with E-state index >= 15 is 0 Å². The lowest BCUT2D eigenvalue weighted by molar-refractivity contribution is 0.0684. The molecule has 0 bridgehead atoms. The number of pyridine rings is 1. The molecular formula is C16H20N4O. The number of anilines is 1. The van der Waals surface area contributed by atoms with E-state index in [1.165, 1.54) is 0 Å². The number of amides is 1. The predicted octanol–water partition coefficient (Wildman–Crippen LogP) is 2.42. The Bertz CT molecular complexity index is 581. The van der Waals surface area contributed by atoms with Gasteiger partial charge >= 0.3 is 0 Å². The fourth-order valence-electron chi connectivity index (χ4n) is 2.02. The zero-order valence-electron chi connectivity index (χ0n) is 12.3. The molecule has 21 heavy (non-hydrogen) atoms. The van der Waals surface area contributed by atoms with Crippen molar-refractivity contribution in [3.63, 3.8) is 0 Å². The van der Waals surface area contributed by atoms with Crippen LogP contribution in [0.2, 0.25) is 0 Å². The third-order valence-electron chi connectivity index (χ3n) is 3.23. The lowest BCUT2D eigenvalue weighted by Gasteiger charge is -2.26. The molecule has 5 nitrogen and oxygen atoms in total. The first-order chi connectivity index (χ1) is 10.1. The van der Waals surface area contributed by atoms with E-state index in [0.29, 0.717) is 17.9 Å². The number of aromatic nitrogens is 1. The van der Waals surface area contributed by atoms with Gasteiger partial charge in [0, 0.05) is 12.6 Å². The van der Waals surface area contributed by atoms with Crippen molar-refractivity contribution in [2.24, 2.45) is 5.84 Å². The Kier molecular flexibility index (Phi) is 4.90. The second-order valence-electron chi connectivity index (χ2n) is 5.09. The molecule has 0 atom stereocenters. The molecular weight excluding hydrogens is 264 g/mol. The fraction of sp³-hybridized carbons (Fsp3) is 0.250. The quantitative estimate of drug-likeness (QED) is 0.653. The van der Waals surface area contributed by atoms with Crippen LogP contribution in [-0.2, 0) is 6.54 Å². The van der Waals surface area contributed by atoms with Gasteiger partial charge in [0.15, 0.2) is 0 Å². The first-order valence-corrected chi connectivity index (χ1v) is 6.89. The minimum absolute atomic E-state index is 0.0857. The zero-order valence-corrected chi connectivity index (χ0v) is 12.3. The average Bonchev–Trinajstić information content (AvgIpc) is 2.53. The second kappa shape index (κ2) is 6.85. The number of rotatable bonds is 5. The molecule has 2 rings (SSSR count). The van der Waals surface area contributed by atoms with Crippen molar-refractivity contribution >= 4 is 11.6 Å². The Morgan fingerprint density at radius 1 is 1.24 bits per heavy atom. The molecule has 0 saturated carbocycles. The Balaban J connectivity index is 2.18. The van der Waals surface area contributed by atoms with Gasteiger partial charge in [0.25, 0.3) is 5.91 Å². The van der Waals surface area contributed by atoms with E-state index in [9.17, 15) is 4.79 Å². The normalized spacial score (nSPS) is 10.5. The second-order valence-corrected chi connectivity index (χ2v) is 5.09. The van der Waals surface area contributed by atoms with Crippen LogP contribution in [0.1, 0.15) is 29.9 Å². The highest BCUT2D eigenvalue weighted by atomic mass is 16.2. The van der Waals surface area contributed by atoms with Crippen molar-refractivity contribution in [1.29, 1.82) is 0 Å². The van der Waals surface area contributed by atoms with Crippen LogP contribution in [0.5, 0.6) is 0 Å². The summed E-state index contributed by atoms with van der Waals surface area (Å²) in [6, 6.07) is 13.4. The zero-order chi connectivity index (χ0) is 15.2. The van der Waals surface area contributed by atoms with E-state index in [1.54, 1.807) is 23.2 Å². The number of nitrogen functional groups attached to an aromatic ring is 1. The van der Waals surface area contributed by atoms with Gasteiger partial charge in [-0.2, -0.15) is 0 Å². The third kappa shape index (κ3) is 3.79. The topological polar surface area (TPSA) is 71.2 Å². The van der Waals surface area contributed by atoms with E-state index in [2.05, 4.69) is 10.4 Å². The third-order valence-corrected chi connectivity index (χ3v) is 3.23. The molecule has 0 unspecified atom stereocenters. The van der Waals surface area contributed by atoms with Crippen LogP contribution in [0.15, 0.2) is 48.7 Å². The van der Waals surface area contributed by atoms with Crippen LogP contribution in [0.25, 0.3) is 0 Å². The van der Waals surface area contributed by atoms with Gasteiger partial charge in [-0.05, 0) is 31.5 Å². The van der Waals surface area contributed by atoms with E-state index in [4.69, 9.17) is 5.84 Å². The summed E-state index contributed by atoms with van der Waals surface area (Å²) >= 11 is 0. The van der Waals surface area contributed by atoms with Crippen molar-refractivity contribution in [2.45, 2.75) is 26.4 Å². The lowest BCUT2D eigenvalue weighted by atomic mass is 10.1. The van der Waals surface area contributed by atoms with Gasteiger partial charge in [-0.1, -0.05) is 30.3 Å². The molecule has 3 N–H and O–H groups in total. The maximum Gasteiger partial charge on any atom is 0.272 e. The smallest absolute Gasteiger partial charge is 0.272 e. The highest BCUT2D eigenvalue weighted by molar-refractivity contribution is 5.92. The number of carbonyl (C=O) groups is 1. The van der Waals surface area contributed by atoms with Crippen LogP contribution >= 0.6 is 0 Å². The summed E-state index contributed by atoms with van der Waals surface area (Å²) < 4.78 is 0. The highest BCUT2D eigenvalue weighted by Gasteiger charge is 2.20.